The van der Waals surface area contributed by atoms with Crippen molar-refractivity contribution in [3.63, 3.8) is 0 Å². The second-order valence-corrected chi connectivity index (χ2v) is 6.92. The molecule has 3 heterocycles. The van der Waals surface area contributed by atoms with Gasteiger partial charge in [0.2, 0.25) is 5.95 Å². The molecule has 1 N–H and O–H groups in total. The molecule has 0 bridgehead atoms. The van der Waals surface area contributed by atoms with E-state index in [0.717, 1.165) is 44.0 Å². The Morgan fingerprint density at radius 2 is 1.82 bits per heavy atom. The highest BCUT2D eigenvalue weighted by atomic mass is 16.2. The van der Waals surface area contributed by atoms with Gasteiger partial charge in [-0.05, 0) is 31.9 Å². The van der Waals surface area contributed by atoms with Gasteiger partial charge in [0.15, 0.2) is 0 Å². The molecule has 1 aliphatic heterocycles. The normalized spacial score (nSPS) is 14.8. The highest BCUT2D eigenvalue weighted by Crippen LogP contribution is 2.27. The van der Waals surface area contributed by atoms with E-state index in [9.17, 15) is 4.79 Å². The molecule has 0 unspecified atom stereocenters. The maximum Gasteiger partial charge on any atom is 0.256 e. The Balaban J connectivity index is 1.36. The van der Waals surface area contributed by atoms with Crippen molar-refractivity contribution in [2.45, 2.75) is 32.2 Å². The van der Waals surface area contributed by atoms with Crippen LogP contribution in [0.25, 0.3) is 0 Å². The Hall–Kier alpha value is -3.22. The van der Waals surface area contributed by atoms with E-state index in [2.05, 4.69) is 31.8 Å². The number of imidazole rings is 1. The minimum absolute atomic E-state index is 0.0106. The quantitative estimate of drug-likeness (QED) is 0.738. The summed E-state index contributed by atoms with van der Waals surface area (Å²) in [5.41, 5.74) is 1.43. The Bertz CT molecular complexity index is 914. The van der Waals surface area contributed by atoms with Gasteiger partial charge in [-0.1, -0.05) is 18.2 Å². The molecule has 0 atom stereocenters. The lowest BCUT2D eigenvalue weighted by Crippen LogP contribution is -2.38. The van der Waals surface area contributed by atoms with Crippen molar-refractivity contribution >= 4 is 17.5 Å². The first-order valence-electron chi connectivity index (χ1n) is 9.69. The maximum atomic E-state index is 12.8. The lowest BCUT2D eigenvalue weighted by molar-refractivity contribution is 0.0709. The Morgan fingerprint density at radius 1 is 1.11 bits per heavy atom. The first-order chi connectivity index (χ1) is 13.7. The molecule has 0 radical (unpaired) electrons. The first-order valence-corrected chi connectivity index (χ1v) is 9.69. The van der Waals surface area contributed by atoms with E-state index in [4.69, 9.17) is 0 Å². The maximum absolute atomic E-state index is 12.8. The number of aryl methyl sites for hydroxylation is 1. The highest BCUT2D eigenvalue weighted by Gasteiger charge is 2.27. The van der Waals surface area contributed by atoms with Crippen LogP contribution in [0.1, 0.15) is 41.9 Å². The topological polar surface area (TPSA) is 75.9 Å². The van der Waals surface area contributed by atoms with Crippen LogP contribution in [-0.4, -0.2) is 43.4 Å². The molecular formula is C21H24N6O. The molecule has 28 heavy (non-hydrogen) atoms. The number of carbonyl (C=O) groups excluding carboxylic acids is 1. The Labute approximate surface area is 164 Å². The summed E-state index contributed by atoms with van der Waals surface area (Å²) < 4.78 is 2.19. The van der Waals surface area contributed by atoms with Gasteiger partial charge in [-0.25, -0.2) is 15.0 Å². The standard InChI is InChI=1S/C21H24N6O/c1-2-26-13-10-22-19(26)16-8-11-27(12-9-16)20(28)17-14-23-21(24-15-17)25-18-6-4-3-5-7-18/h3-7,10,13-16H,2,8-9,11-12H2,1H3,(H,23,24,25). The smallest absolute Gasteiger partial charge is 0.256 e. The summed E-state index contributed by atoms with van der Waals surface area (Å²) in [6.07, 6.45) is 8.93. The largest absolute Gasteiger partial charge is 0.339 e. The number of aromatic nitrogens is 4. The van der Waals surface area contributed by atoms with E-state index in [0.29, 0.717) is 17.4 Å². The summed E-state index contributed by atoms with van der Waals surface area (Å²) >= 11 is 0. The Morgan fingerprint density at radius 3 is 2.50 bits per heavy atom. The van der Waals surface area contributed by atoms with Gasteiger partial charge in [0.1, 0.15) is 5.82 Å². The molecule has 0 saturated carbocycles. The van der Waals surface area contributed by atoms with E-state index < -0.39 is 0 Å². The van der Waals surface area contributed by atoms with E-state index in [1.165, 1.54) is 0 Å². The van der Waals surface area contributed by atoms with Gasteiger partial charge < -0.3 is 14.8 Å². The third kappa shape index (κ3) is 3.88. The second kappa shape index (κ2) is 8.21. The van der Waals surface area contributed by atoms with Crippen molar-refractivity contribution in [2.24, 2.45) is 0 Å². The molecule has 144 valence electrons. The molecule has 1 aromatic carbocycles. The van der Waals surface area contributed by atoms with Gasteiger partial charge >= 0.3 is 0 Å². The fourth-order valence-corrected chi connectivity index (χ4v) is 3.62. The molecule has 4 rings (SSSR count). The zero-order chi connectivity index (χ0) is 19.3. The number of hydrogen-bond donors (Lipinski definition) is 1. The highest BCUT2D eigenvalue weighted by molar-refractivity contribution is 5.93. The molecule has 2 aromatic heterocycles. The molecule has 0 spiro atoms. The third-order valence-corrected chi connectivity index (χ3v) is 5.16. The van der Waals surface area contributed by atoms with Crippen molar-refractivity contribution in [3.05, 3.63) is 66.5 Å². The molecule has 1 aliphatic rings. The van der Waals surface area contributed by atoms with Crippen molar-refractivity contribution in [1.29, 1.82) is 0 Å². The fourth-order valence-electron chi connectivity index (χ4n) is 3.62. The predicted octanol–water partition coefficient (Wildman–Crippen LogP) is 3.46. The summed E-state index contributed by atoms with van der Waals surface area (Å²) in [7, 11) is 0. The van der Waals surface area contributed by atoms with Crippen LogP contribution >= 0.6 is 0 Å². The number of likely N-dealkylation sites (tertiary alicyclic amines) is 1. The predicted molar refractivity (Wildman–Crippen MR) is 108 cm³/mol. The lowest BCUT2D eigenvalue weighted by Gasteiger charge is -2.31. The average Bonchev–Trinajstić information content (AvgIpc) is 3.24. The average molecular weight is 376 g/mol. The number of benzene rings is 1. The number of para-hydroxylation sites is 1. The van der Waals surface area contributed by atoms with Crippen molar-refractivity contribution in [1.82, 2.24) is 24.4 Å². The van der Waals surface area contributed by atoms with Crippen LogP contribution in [0.15, 0.2) is 55.1 Å². The van der Waals surface area contributed by atoms with Crippen molar-refractivity contribution in [2.75, 3.05) is 18.4 Å². The zero-order valence-corrected chi connectivity index (χ0v) is 16.0. The number of carbonyl (C=O) groups is 1. The van der Waals surface area contributed by atoms with Gasteiger partial charge in [0.25, 0.3) is 5.91 Å². The van der Waals surface area contributed by atoms with E-state index in [1.807, 2.05) is 47.6 Å². The molecule has 0 aliphatic carbocycles. The monoisotopic (exact) mass is 376 g/mol. The van der Waals surface area contributed by atoms with Gasteiger partial charge in [0.05, 0.1) is 5.56 Å². The van der Waals surface area contributed by atoms with E-state index in [-0.39, 0.29) is 5.91 Å². The van der Waals surface area contributed by atoms with Crippen LogP contribution in [0.2, 0.25) is 0 Å². The number of nitrogens with one attached hydrogen (secondary N) is 1. The first kappa shape index (κ1) is 18.2. The molecule has 7 nitrogen and oxygen atoms in total. The van der Waals surface area contributed by atoms with Crippen LogP contribution in [-0.2, 0) is 6.54 Å². The summed E-state index contributed by atoms with van der Waals surface area (Å²) in [6, 6.07) is 9.72. The molecule has 1 fully saturated rings. The molecule has 1 saturated heterocycles. The SMILES string of the molecule is CCn1ccnc1C1CCN(C(=O)c2cnc(Nc3ccccc3)nc2)CC1. The molecular weight excluding hydrogens is 352 g/mol. The van der Waals surface area contributed by atoms with Crippen LogP contribution in [0.3, 0.4) is 0 Å². The van der Waals surface area contributed by atoms with E-state index >= 15 is 0 Å². The van der Waals surface area contributed by atoms with Crippen molar-refractivity contribution < 1.29 is 4.79 Å². The molecule has 3 aromatic rings. The summed E-state index contributed by atoms with van der Waals surface area (Å²) in [5, 5.41) is 3.13. The van der Waals surface area contributed by atoms with Gasteiger partial charge in [-0.2, -0.15) is 0 Å². The van der Waals surface area contributed by atoms with Gasteiger partial charge in [0, 0.05) is 56.0 Å². The lowest BCUT2D eigenvalue weighted by atomic mass is 9.95. The minimum Gasteiger partial charge on any atom is -0.339 e. The third-order valence-electron chi connectivity index (χ3n) is 5.16. The van der Waals surface area contributed by atoms with Crippen LogP contribution < -0.4 is 5.32 Å². The van der Waals surface area contributed by atoms with Crippen molar-refractivity contribution in [3.8, 4) is 0 Å². The van der Waals surface area contributed by atoms with Gasteiger partial charge in [-0.15, -0.1) is 0 Å². The van der Waals surface area contributed by atoms with Crippen LogP contribution in [0, 0.1) is 0 Å². The summed E-state index contributed by atoms with van der Waals surface area (Å²) in [5.74, 6) is 2.01. The number of hydrogen-bond acceptors (Lipinski definition) is 5. The van der Waals surface area contributed by atoms with Crippen LogP contribution in [0.5, 0.6) is 0 Å². The van der Waals surface area contributed by atoms with Crippen LogP contribution in [0.4, 0.5) is 11.6 Å². The molecule has 7 heteroatoms. The number of anilines is 2. The number of nitrogens with zero attached hydrogens (tertiary/aromatic N) is 5. The molecule has 1 amide bonds. The zero-order valence-electron chi connectivity index (χ0n) is 16.0. The van der Waals surface area contributed by atoms with E-state index in [1.54, 1.807) is 12.4 Å². The number of piperidine rings is 1. The summed E-state index contributed by atoms with van der Waals surface area (Å²) in [6.45, 7) is 4.50. The second-order valence-electron chi connectivity index (χ2n) is 6.92. The number of amides is 1. The van der Waals surface area contributed by atoms with Gasteiger partial charge in [-0.3, -0.25) is 4.79 Å². The summed E-state index contributed by atoms with van der Waals surface area (Å²) in [4.78, 5) is 27.8. The minimum atomic E-state index is -0.0106. The fraction of sp³-hybridized carbons (Fsp3) is 0.333. The number of rotatable bonds is 5. The Kier molecular flexibility index (Phi) is 5.32.